The van der Waals surface area contributed by atoms with Gasteiger partial charge in [0.2, 0.25) is 0 Å². The van der Waals surface area contributed by atoms with Gasteiger partial charge in [0.15, 0.2) is 0 Å². The molecule has 2 heteroatoms. The lowest BCUT2D eigenvalue weighted by molar-refractivity contribution is 0.0508. The van der Waals surface area contributed by atoms with Crippen LogP contribution in [-0.4, -0.2) is 13.2 Å². The molecule has 0 aliphatic rings. The highest BCUT2D eigenvalue weighted by molar-refractivity contribution is 5.26. The van der Waals surface area contributed by atoms with Gasteiger partial charge in [-0.2, -0.15) is 0 Å². The summed E-state index contributed by atoms with van der Waals surface area (Å²) >= 11 is 0. The second-order valence-corrected chi connectivity index (χ2v) is 3.38. The van der Waals surface area contributed by atoms with Crippen LogP contribution in [0.2, 0.25) is 0 Å². The van der Waals surface area contributed by atoms with Crippen molar-refractivity contribution in [3.8, 4) is 5.75 Å². The Kier molecular flexibility index (Phi) is 4.47. The minimum atomic E-state index is 0.331. The molecule has 78 valence electrons. The van der Waals surface area contributed by atoms with E-state index in [4.69, 9.17) is 9.47 Å². The van der Waals surface area contributed by atoms with Gasteiger partial charge in [-0.3, -0.25) is 0 Å². The molecule has 14 heavy (non-hydrogen) atoms. The topological polar surface area (TPSA) is 18.5 Å². The molecule has 0 saturated carbocycles. The first-order valence-corrected chi connectivity index (χ1v) is 5.00. The van der Waals surface area contributed by atoms with Gasteiger partial charge in [0, 0.05) is 0 Å². The van der Waals surface area contributed by atoms with Gasteiger partial charge in [0.05, 0.1) is 19.8 Å². The Hall–Kier alpha value is -1.02. The van der Waals surface area contributed by atoms with Crippen molar-refractivity contribution in [3.05, 3.63) is 29.8 Å². The van der Waals surface area contributed by atoms with Crippen molar-refractivity contribution < 1.29 is 9.47 Å². The fourth-order valence-corrected chi connectivity index (χ4v) is 1.08. The number of hydrogen-bond acceptors (Lipinski definition) is 2. The zero-order chi connectivity index (χ0) is 10.4. The Morgan fingerprint density at radius 1 is 1.21 bits per heavy atom. The zero-order valence-electron chi connectivity index (χ0n) is 9.12. The van der Waals surface area contributed by atoms with E-state index in [1.54, 1.807) is 7.11 Å². The summed E-state index contributed by atoms with van der Waals surface area (Å²) in [7, 11) is 1.67. The van der Waals surface area contributed by atoms with E-state index >= 15 is 0 Å². The molecule has 0 bridgehead atoms. The summed E-state index contributed by atoms with van der Waals surface area (Å²) in [6, 6.07) is 7.97. The molecule has 0 heterocycles. The van der Waals surface area contributed by atoms with Gasteiger partial charge in [0.25, 0.3) is 0 Å². The summed E-state index contributed by atoms with van der Waals surface area (Å²) in [5, 5.41) is 0. The monoisotopic (exact) mass is 194 g/mol. The minimum Gasteiger partial charge on any atom is -0.497 e. The fraction of sp³-hybridized carbons (Fsp3) is 0.500. The Bertz CT molecular complexity index is 254. The molecule has 0 radical (unpaired) electrons. The third kappa shape index (κ3) is 3.38. The maximum Gasteiger partial charge on any atom is 0.118 e. The average molecular weight is 194 g/mol. The molecule has 0 saturated heterocycles. The minimum absolute atomic E-state index is 0.331. The van der Waals surface area contributed by atoms with Gasteiger partial charge in [0.1, 0.15) is 5.75 Å². The molecule has 0 amide bonds. The van der Waals surface area contributed by atoms with E-state index in [0.29, 0.717) is 12.7 Å². The second kappa shape index (κ2) is 5.66. The van der Waals surface area contributed by atoms with Crippen LogP contribution in [0.15, 0.2) is 24.3 Å². The van der Waals surface area contributed by atoms with Crippen molar-refractivity contribution in [2.75, 3.05) is 7.11 Å². The summed E-state index contributed by atoms with van der Waals surface area (Å²) in [6.07, 6.45) is 1.38. The summed E-state index contributed by atoms with van der Waals surface area (Å²) < 4.78 is 10.7. The van der Waals surface area contributed by atoms with Gasteiger partial charge in [-0.05, 0) is 31.0 Å². The second-order valence-electron chi connectivity index (χ2n) is 3.38. The molecule has 1 unspecified atom stereocenters. The third-order valence-corrected chi connectivity index (χ3v) is 2.27. The lowest BCUT2D eigenvalue weighted by atomic mass is 10.2. The molecule has 0 N–H and O–H groups in total. The van der Waals surface area contributed by atoms with Crippen molar-refractivity contribution in [2.45, 2.75) is 33.0 Å². The van der Waals surface area contributed by atoms with Gasteiger partial charge in [-0.25, -0.2) is 0 Å². The van der Waals surface area contributed by atoms with Crippen molar-refractivity contribution >= 4 is 0 Å². The van der Waals surface area contributed by atoms with Gasteiger partial charge >= 0.3 is 0 Å². The Morgan fingerprint density at radius 3 is 2.36 bits per heavy atom. The van der Waals surface area contributed by atoms with Crippen LogP contribution in [0.3, 0.4) is 0 Å². The van der Waals surface area contributed by atoms with E-state index in [1.807, 2.05) is 24.3 Å². The predicted octanol–water partition coefficient (Wildman–Crippen LogP) is 3.01. The van der Waals surface area contributed by atoms with E-state index < -0.39 is 0 Å². The van der Waals surface area contributed by atoms with Crippen LogP contribution in [0.5, 0.6) is 5.75 Å². The standard InChI is InChI=1S/C12H18O2/c1-4-10(2)14-9-11-5-7-12(13-3)8-6-11/h5-8,10H,4,9H2,1-3H3. The quantitative estimate of drug-likeness (QED) is 0.717. The average Bonchev–Trinajstić information content (AvgIpc) is 2.26. The smallest absolute Gasteiger partial charge is 0.118 e. The molecule has 1 aromatic carbocycles. The largest absolute Gasteiger partial charge is 0.497 e. The van der Waals surface area contributed by atoms with Crippen LogP contribution < -0.4 is 4.74 Å². The molecule has 1 aromatic rings. The molecule has 0 aromatic heterocycles. The molecule has 0 aliphatic carbocycles. The summed E-state index contributed by atoms with van der Waals surface area (Å²) in [5.41, 5.74) is 1.19. The highest BCUT2D eigenvalue weighted by atomic mass is 16.5. The molecular weight excluding hydrogens is 176 g/mol. The summed E-state index contributed by atoms with van der Waals surface area (Å²) in [4.78, 5) is 0. The molecular formula is C12H18O2. The van der Waals surface area contributed by atoms with Gasteiger partial charge in [-0.1, -0.05) is 19.1 Å². The zero-order valence-corrected chi connectivity index (χ0v) is 9.12. The van der Waals surface area contributed by atoms with E-state index in [9.17, 15) is 0 Å². The van der Waals surface area contributed by atoms with Crippen LogP contribution in [0.1, 0.15) is 25.8 Å². The molecule has 1 rings (SSSR count). The Balaban J connectivity index is 2.43. The van der Waals surface area contributed by atoms with Crippen molar-refractivity contribution in [1.29, 1.82) is 0 Å². The van der Waals surface area contributed by atoms with E-state index in [2.05, 4.69) is 13.8 Å². The number of methoxy groups -OCH3 is 1. The normalized spacial score (nSPS) is 12.5. The Labute approximate surface area is 85.8 Å². The number of benzene rings is 1. The van der Waals surface area contributed by atoms with Crippen LogP contribution in [0.4, 0.5) is 0 Å². The predicted molar refractivity (Wildman–Crippen MR) is 57.5 cm³/mol. The van der Waals surface area contributed by atoms with Crippen LogP contribution in [0, 0.1) is 0 Å². The first kappa shape index (κ1) is 11.1. The maximum atomic E-state index is 5.61. The Morgan fingerprint density at radius 2 is 1.86 bits per heavy atom. The summed E-state index contributed by atoms with van der Waals surface area (Å²) in [6.45, 7) is 4.89. The molecule has 2 nitrogen and oxygen atoms in total. The SMILES string of the molecule is CCC(C)OCc1ccc(OC)cc1. The third-order valence-electron chi connectivity index (χ3n) is 2.27. The number of rotatable bonds is 5. The van der Waals surface area contributed by atoms with Crippen LogP contribution >= 0.6 is 0 Å². The van der Waals surface area contributed by atoms with Crippen LogP contribution in [-0.2, 0) is 11.3 Å². The highest BCUT2D eigenvalue weighted by Crippen LogP contribution is 2.12. The van der Waals surface area contributed by atoms with Crippen molar-refractivity contribution in [3.63, 3.8) is 0 Å². The van der Waals surface area contributed by atoms with E-state index in [0.717, 1.165) is 12.2 Å². The molecule has 0 fully saturated rings. The lowest BCUT2D eigenvalue weighted by Crippen LogP contribution is -2.05. The molecule has 0 aliphatic heterocycles. The van der Waals surface area contributed by atoms with Crippen LogP contribution in [0.25, 0.3) is 0 Å². The molecule has 1 atom stereocenters. The lowest BCUT2D eigenvalue weighted by Gasteiger charge is -2.10. The first-order valence-electron chi connectivity index (χ1n) is 5.00. The van der Waals surface area contributed by atoms with Crippen molar-refractivity contribution in [1.82, 2.24) is 0 Å². The summed E-state index contributed by atoms with van der Waals surface area (Å²) in [5.74, 6) is 0.886. The van der Waals surface area contributed by atoms with Gasteiger partial charge < -0.3 is 9.47 Å². The van der Waals surface area contributed by atoms with Crippen molar-refractivity contribution in [2.24, 2.45) is 0 Å². The van der Waals surface area contributed by atoms with Gasteiger partial charge in [-0.15, -0.1) is 0 Å². The number of ether oxygens (including phenoxy) is 2. The number of hydrogen-bond donors (Lipinski definition) is 0. The maximum absolute atomic E-state index is 5.61. The van der Waals surface area contributed by atoms with E-state index in [-0.39, 0.29) is 0 Å². The highest BCUT2D eigenvalue weighted by Gasteiger charge is 1.99. The fourth-order valence-electron chi connectivity index (χ4n) is 1.08. The first-order chi connectivity index (χ1) is 6.76. The molecule has 0 spiro atoms. The van der Waals surface area contributed by atoms with E-state index in [1.165, 1.54) is 5.56 Å².